The Bertz CT molecular complexity index is 4960. The van der Waals surface area contributed by atoms with Crippen molar-refractivity contribution in [1.29, 1.82) is 0 Å². The number of nitrogens with one attached hydrogen (secondary N) is 4. The number of pyridine rings is 3. The molecule has 3 aliphatic carbocycles. The molecule has 10 aromatic rings. The molecule has 3 aliphatic heterocycles. The highest BCUT2D eigenvalue weighted by molar-refractivity contribution is 5.99. The number of ether oxygens (including phenoxy) is 6. The second-order valence-corrected chi connectivity index (χ2v) is 26.7. The number of rotatable bonds is 22. The number of carboxylic acid groups (broad SMARTS) is 1. The molecule has 3 unspecified atom stereocenters. The van der Waals surface area contributed by atoms with Crippen molar-refractivity contribution in [2.24, 2.45) is 35.3 Å². The van der Waals surface area contributed by atoms with Gasteiger partial charge in [0.25, 0.3) is 0 Å². The van der Waals surface area contributed by atoms with E-state index in [0.717, 1.165) is 84.5 Å². The molecule has 3 saturated carbocycles. The predicted octanol–water partition coefficient (Wildman–Crippen LogP) is 14.4. The number of imidazole rings is 1. The van der Waals surface area contributed by atoms with E-state index in [1.807, 2.05) is 24.3 Å². The van der Waals surface area contributed by atoms with Crippen LogP contribution in [0, 0.1) is 47.0 Å². The van der Waals surface area contributed by atoms with Gasteiger partial charge in [-0.05, 0) is 226 Å². The second kappa shape index (κ2) is 34.1. The Hall–Kier alpha value is -12.6. The normalized spacial score (nSPS) is 16.3. The minimum Gasteiger partial charge on any atom is -0.493 e. The van der Waals surface area contributed by atoms with Crippen molar-refractivity contribution in [1.82, 2.24) is 24.9 Å². The minimum absolute atomic E-state index is 0.00660. The maximum Gasteiger partial charge on any atom is 0.310 e. The number of aliphatic carboxylic acids is 1. The number of aromatic amines is 1. The number of aromatic nitrogens is 5. The number of amides is 3. The van der Waals surface area contributed by atoms with Crippen LogP contribution in [0.2, 0.25) is 0 Å². The van der Waals surface area contributed by atoms with E-state index in [4.69, 9.17) is 39.3 Å². The molecule has 26 heteroatoms. The molecule has 0 radical (unpaired) electrons. The number of nitrogens with two attached hydrogens (primary N) is 1. The number of H-pyrrole nitrogens is 1. The number of halogens is 3. The van der Waals surface area contributed by atoms with E-state index >= 15 is 0 Å². The van der Waals surface area contributed by atoms with Crippen LogP contribution in [0.25, 0.3) is 11.3 Å². The highest BCUT2D eigenvalue weighted by Gasteiger charge is 2.33. The topological polar surface area (TPSA) is 325 Å². The van der Waals surface area contributed by atoms with E-state index in [1.165, 1.54) is 60.7 Å². The molecule has 6 aliphatic rings. The second-order valence-electron chi connectivity index (χ2n) is 26.7. The van der Waals surface area contributed by atoms with Gasteiger partial charge in [-0.25, -0.2) is 33.1 Å². The molecule has 3 amide bonds. The zero-order valence-corrected chi connectivity index (χ0v) is 58.2. The maximum atomic E-state index is 13.2. The molecule has 16 rings (SSSR count). The molecule has 6 aromatic carbocycles. The number of nitrogens with zero attached hydrogens (tertiary/aromatic N) is 4. The van der Waals surface area contributed by atoms with E-state index < -0.39 is 17.7 Å². The molecule has 0 spiro atoms. The molecule has 3 atom stereocenters. The zero-order valence-electron chi connectivity index (χ0n) is 58.2. The SMILES string of the molecule is NCC(=O)c1ccc(F)cc1.O=C(CCC(=O)C1COc2ccc(Oc3ccnc(NC(=O)C4CC4)c3)cc2C1)c1ccc(F)cc1.O=C(Nc1cc(Oc2ccc3c(c2)CC(c2ncc(-c4ccc(F)cc4)[nH]2)CO3)ccn1)C1CC1.O=C(O)C1COc2ccc(Oc3ccnc(NC(=O)C4CC4)c3)cc2C1. The molecule has 552 valence electrons. The number of hydrogen-bond donors (Lipinski definition) is 6. The fourth-order valence-electron chi connectivity index (χ4n) is 11.9. The largest absolute Gasteiger partial charge is 0.493 e. The van der Waals surface area contributed by atoms with Gasteiger partial charge in [-0.15, -0.1) is 0 Å². The number of anilines is 3. The summed E-state index contributed by atoms with van der Waals surface area (Å²) in [6, 6.07) is 43.7. The maximum absolute atomic E-state index is 13.2. The lowest BCUT2D eigenvalue weighted by Gasteiger charge is -2.25. The molecule has 7 N–H and O–H groups in total. The Labute approximate surface area is 617 Å². The van der Waals surface area contributed by atoms with Crippen molar-refractivity contribution in [3.8, 4) is 63.0 Å². The lowest BCUT2D eigenvalue weighted by Crippen LogP contribution is -2.28. The summed E-state index contributed by atoms with van der Waals surface area (Å²) in [5.74, 6) is 4.95. The van der Waals surface area contributed by atoms with Crippen LogP contribution in [-0.2, 0) is 43.2 Å². The lowest BCUT2D eigenvalue weighted by atomic mass is 9.90. The van der Waals surface area contributed by atoms with Crippen LogP contribution in [0.1, 0.15) is 101 Å². The Morgan fingerprint density at radius 2 is 0.833 bits per heavy atom. The third-order valence-corrected chi connectivity index (χ3v) is 18.4. The number of hydrogen-bond acceptors (Lipinski definition) is 18. The number of benzene rings is 6. The Balaban J connectivity index is 0.000000135. The van der Waals surface area contributed by atoms with Gasteiger partial charge in [0.05, 0.1) is 49.4 Å². The first-order valence-electron chi connectivity index (χ1n) is 35.3. The molecular formula is C82H74F3N9O14. The summed E-state index contributed by atoms with van der Waals surface area (Å²) < 4.78 is 73.8. The van der Waals surface area contributed by atoms with E-state index in [1.54, 1.807) is 104 Å². The van der Waals surface area contributed by atoms with Crippen molar-refractivity contribution in [2.45, 2.75) is 76.5 Å². The summed E-state index contributed by atoms with van der Waals surface area (Å²) in [5.41, 5.74) is 10.3. The first-order chi connectivity index (χ1) is 52.4. The van der Waals surface area contributed by atoms with Gasteiger partial charge in [-0.3, -0.25) is 33.6 Å². The van der Waals surface area contributed by atoms with Crippen LogP contribution in [0.4, 0.5) is 30.6 Å². The van der Waals surface area contributed by atoms with Gasteiger partial charge in [0.1, 0.15) is 105 Å². The fourth-order valence-corrected chi connectivity index (χ4v) is 11.9. The number of carboxylic acids is 1. The van der Waals surface area contributed by atoms with Crippen molar-refractivity contribution >= 4 is 58.5 Å². The van der Waals surface area contributed by atoms with E-state index in [2.05, 4.69) is 40.9 Å². The number of ketones is 3. The first kappa shape index (κ1) is 73.7. The summed E-state index contributed by atoms with van der Waals surface area (Å²) in [6.45, 7) is 0.908. The third-order valence-electron chi connectivity index (χ3n) is 18.4. The Morgan fingerprint density at radius 1 is 0.444 bits per heavy atom. The molecular weight excluding hydrogens is 1390 g/mol. The van der Waals surface area contributed by atoms with Gasteiger partial charge >= 0.3 is 5.97 Å². The van der Waals surface area contributed by atoms with Gasteiger partial charge in [-0.1, -0.05) is 0 Å². The molecule has 4 aromatic heterocycles. The molecule has 0 bridgehead atoms. The molecule has 7 heterocycles. The summed E-state index contributed by atoms with van der Waals surface area (Å²) in [4.78, 5) is 103. The third kappa shape index (κ3) is 20.3. The summed E-state index contributed by atoms with van der Waals surface area (Å²) >= 11 is 0. The smallest absolute Gasteiger partial charge is 0.310 e. The number of fused-ring (bicyclic) bond motifs is 3. The molecule has 108 heavy (non-hydrogen) atoms. The van der Waals surface area contributed by atoms with E-state index in [9.17, 15) is 46.7 Å². The molecule has 23 nitrogen and oxygen atoms in total. The summed E-state index contributed by atoms with van der Waals surface area (Å²) in [5, 5.41) is 17.6. The van der Waals surface area contributed by atoms with Crippen LogP contribution in [-0.4, -0.2) is 97.4 Å². The van der Waals surface area contributed by atoms with Crippen LogP contribution in [0.3, 0.4) is 0 Å². The van der Waals surface area contributed by atoms with Gasteiger partial charge < -0.3 is 60.2 Å². The van der Waals surface area contributed by atoms with Crippen molar-refractivity contribution in [2.75, 3.05) is 42.3 Å². The van der Waals surface area contributed by atoms with Gasteiger partial charge in [0.15, 0.2) is 11.6 Å². The monoisotopic (exact) mass is 1470 g/mol. The summed E-state index contributed by atoms with van der Waals surface area (Å²) in [6.07, 6.45) is 13.9. The van der Waals surface area contributed by atoms with Crippen LogP contribution in [0.15, 0.2) is 189 Å². The first-order valence-corrected chi connectivity index (χ1v) is 35.3. The van der Waals surface area contributed by atoms with E-state index in [0.29, 0.717) is 94.0 Å². The standard InChI is InChI=1S/C28H25FN2O5.C27H23FN4O3.C19H18N2O5.C8H8FNO/c29-21-5-3-17(4-6-21)24(32)8-9-25(33)20-13-19-14-22(7-10-26(19)35-16-20)36-23-11-12-30-27(15-23)31-28(34)18-1-2-18;28-20-5-3-16(4-6-20)23-14-30-26(31-23)19-11-18-12-21(7-8-24(18)34-15-19)35-22-9-10-29-25(13-22)32-27(33)17-1-2-17;22-18(11-1-2-11)21-17-9-15(5-6-20-17)26-14-3-4-16-12(8-14)7-13(10-25-16)19(23)24;9-7-3-1-6(2-4-7)8(11)5-10/h3-7,10-12,14-15,18,20H,1-2,8-9,13,16H2,(H,30,31,34);3-10,12-14,17,19H,1-2,11,15H2,(H,30,31)(H,29,32,33);3-6,8-9,11,13H,1-2,7,10H2,(H,23,24)(H,20,21,22);1-4H,5,10H2. The number of carbonyl (C=O) groups excluding carboxylic acids is 6. The van der Waals surface area contributed by atoms with Gasteiger partial charge in [0, 0.05) is 78.5 Å². The Kier molecular flexibility index (Phi) is 23.3. The van der Waals surface area contributed by atoms with Crippen molar-refractivity contribution in [3.05, 3.63) is 240 Å². The van der Waals surface area contributed by atoms with E-state index in [-0.39, 0.29) is 109 Å². The average Bonchev–Trinajstić information content (AvgIpc) is 0.898. The van der Waals surface area contributed by atoms with Gasteiger partial charge in [0.2, 0.25) is 17.7 Å². The molecule has 3 fully saturated rings. The number of Topliss-reactive ketones (excluding diaryl/α,β-unsaturated/α-hetero) is 3. The predicted molar refractivity (Wildman–Crippen MR) is 390 cm³/mol. The lowest BCUT2D eigenvalue weighted by molar-refractivity contribution is -0.143. The van der Waals surface area contributed by atoms with Crippen molar-refractivity contribution in [3.63, 3.8) is 0 Å². The van der Waals surface area contributed by atoms with Crippen LogP contribution >= 0.6 is 0 Å². The highest BCUT2D eigenvalue weighted by Crippen LogP contribution is 2.40. The fraction of sp³-hybridized carbons (Fsp3) is 0.256. The Morgan fingerprint density at radius 3 is 1.26 bits per heavy atom. The molecule has 0 saturated heterocycles. The van der Waals surface area contributed by atoms with Crippen LogP contribution < -0.4 is 50.1 Å². The quantitative estimate of drug-likeness (QED) is 0.0343. The average molecular weight is 1470 g/mol. The van der Waals surface area contributed by atoms with Gasteiger partial charge in [-0.2, -0.15) is 0 Å². The highest BCUT2D eigenvalue weighted by atomic mass is 19.1. The summed E-state index contributed by atoms with van der Waals surface area (Å²) in [7, 11) is 0. The van der Waals surface area contributed by atoms with Crippen LogP contribution in [0.5, 0.6) is 51.7 Å². The minimum atomic E-state index is -0.868. The number of carbonyl (C=O) groups is 7. The zero-order chi connectivity index (χ0) is 75.2. The van der Waals surface area contributed by atoms with Crippen molar-refractivity contribution < 1.29 is 80.3 Å².